The second kappa shape index (κ2) is 7.54. The Morgan fingerprint density at radius 3 is 2.88 bits per heavy atom. The summed E-state index contributed by atoms with van der Waals surface area (Å²) in [5, 5.41) is 12.5. The molecule has 8 nitrogen and oxygen atoms in total. The third-order valence-electron chi connectivity index (χ3n) is 4.58. The van der Waals surface area contributed by atoms with Crippen molar-refractivity contribution in [3.8, 4) is 6.07 Å². The van der Waals surface area contributed by atoms with Crippen LogP contribution in [0.2, 0.25) is 0 Å². The minimum atomic E-state index is -0.0401. The zero-order chi connectivity index (χ0) is 18.7. The molecular weight excluding hydrogens is 332 g/mol. The highest BCUT2D eigenvalue weighted by Crippen LogP contribution is 2.29. The average Bonchev–Trinajstić information content (AvgIpc) is 3.21. The number of carbonyl (C=O) groups is 1. The molecule has 3 rings (SSSR count). The maximum atomic E-state index is 12.3. The molecule has 0 unspecified atom stereocenters. The zero-order valence-corrected chi connectivity index (χ0v) is 15.1. The second-order valence-corrected chi connectivity index (χ2v) is 6.49. The highest BCUT2D eigenvalue weighted by atomic mass is 16.5. The van der Waals surface area contributed by atoms with E-state index < -0.39 is 0 Å². The first-order valence-electron chi connectivity index (χ1n) is 8.40. The largest absolute Gasteiger partial charge is 0.375 e. The summed E-state index contributed by atoms with van der Waals surface area (Å²) in [5.41, 5.74) is 2.17. The van der Waals surface area contributed by atoms with Gasteiger partial charge in [-0.05, 0) is 19.1 Å². The molecule has 1 amide bonds. The highest BCUT2D eigenvalue weighted by molar-refractivity contribution is 5.78. The number of aromatic nitrogens is 3. The van der Waals surface area contributed by atoms with E-state index in [1.54, 1.807) is 23.4 Å². The molecule has 0 bridgehead atoms. The van der Waals surface area contributed by atoms with Gasteiger partial charge in [-0.15, -0.1) is 0 Å². The first kappa shape index (κ1) is 17.9. The molecule has 0 spiro atoms. The molecule has 1 N–H and O–H groups in total. The predicted molar refractivity (Wildman–Crippen MR) is 95.5 cm³/mol. The first-order valence-corrected chi connectivity index (χ1v) is 8.40. The van der Waals surface area contributed by atoms with Gasteiger partial charge in [0, 0.05) is 39.4 Å². The fraction of sp³-hybridized carbons (Fsp3) is 0.444. The first-order chi connectivity index (χ1) is 12.5. The highest BCUT2D eigenvalue weighted by Gasteiger charge is 2.37. The quantitative estimate of drug-likeness (QED) is 0.862. The van der Waals surface area contributed by atoms with Gasteiger partial charge in [-0.1, -0.05) is 0 Å². The Hall–Kier alpha value is -2.92. The number of pyridine rings is 1. The van der Waals surface area contributed by atoms with E-state index in [4.69, 9.17) is 10.00 Å². The number of imidazole rings is 1. The van der Waals surface area contributed by atoms with Gasteiger partial charge in [-0.3, -0.25) is 4.79 Å². The number of ether oxygens (including phenoxy) is 1. The average molecular weight is 354 g/mol. The van der Waals surface area contributed by atoms with Crippen molar-refractivity contribution in [3.05, 3.63) is 41.6 Å². The smallest absolute Gasteiger partial charge is 0.248 e. The lowest BCUT2D eigenvalue weighted by atomic mass is 10.0. The fourth-order valence-corrected chi connectivity index (χ4v) is 3.24. The topological polar surface area (TPSA) is 96.1 Å². The van der Waals surface area contributed by atoms with Crippen LogP contribution in [0.3, 0.4) is 0 Å². The Bertz CT molecular complexity index is 840. The molecule has 0 aliphatic carbocycles. The summed E-state index contributed by atoms with van der Waals surface area (Å²) in [4.78, 5) is 23.0. The molecule has 1 aliphatic rings. The van der Waals surface area contributed by atoms with E-state index in [1.165, 1.54) is 7.11 Å². The Morgan fingerprint density at radius 2 is 2.27 bits per heavy atom. The number of nitrogens with one attached hydrogen (secondary N) is 1. The third-order valence-corrected chi connectivity index (χ3v) is 4.58. The summed E-state index contributed by atoms with van der Waals surface area (Å²) < 4.78 is 6.88. The number of anilines is 1. The van der Waals surface area contributed by atoms with Gasteiger partial charge in [0.2, 0.25) is 5.91 Å². The SMILES string of the molecule is COCC(=O)N1C[C@@H](Nc2ccc(C#N)c(C)n2)[C@H](c2cn(C)cn2)C1. The van der Waals surface area contributed by atoms with Crippen molar-refractivity contribution in [2.24, 2.45) is 7.05 Å². The molecule has 0 aromatic carbocycles. The van der Waals surface area contributed by atoms with Crippen LogP contribution in [0.15, 0.2) is 24.7 Å². The van der Waals surface area contributed by atoms with Crippen molar-refractivity contribution in [1.82, 2.24) is 19.4 Å². The summed E-state index contributed by atoms with van der Waals surface area (Å²) in [6, 6.07) is 5.64. The number of carbonyl (C=O) groups excluding carboxylic acids is 1. The Morgan fingerprint density at radius 1 is 1.46 bits per heavy atom. The number of amides is 1. The van der Waals surface area contributed by atoms with Crippen molar-refractivity contribution >= 4 is 11.7 Å². The summed E-state index contributed by atoms with van der Waals surface area (Å²) in [5.74, 6) is 0.699. The Balaban J connectivity index is 1.82. The number of hydrogen-bond donors (Lipinski definition) is 1. The minimum absolute atomic E-state index is 0.0226. The molecule has 3 heterocycles. The van der Waals surface area contributed by atoms with Crippen LogP contribution in [0.25, 0.3) is 0 Å². The van der Waals surface area contributed by atoms with Crippen molar-refractivity contribution in [3.63, 3.8) is 0 Å². The lowest BCUT2D eigenvalue weighted by molar-refractivity contribution is -0.134. The maximum Gasteiger partial charge on any atom is 0.248 e. The minimum Gasteiger partial charge on any atom is -0.375 e. The summed E-state index contributed by atoms with van der Waals surface area (Å²) in [7, 11) is 3.44. The van der Waals surface area contributed by atoms with E-state index in [9.17, 15) is 4.79 Å². The van der Waals surface area contributed by atoms with Crippen LogP contribution in [-0.2, 0) is 16.6 Å². The molecule has 0 radical (unpaired) electrons. The summed E-state index contributed by atoms with van der Waals surface area (Å²) in [6.45, 7) is 3.00. The van der Waals surface area contributed by atoms with E-state index >= 15 is 0 Å². The van der Waals surface area contributed by atoms with Crippen LogP contribution in [0.5, 0.6) is 0 Å². The van der Waals surface area contributed by atoms with Gasteiger partial charge in [0.15, 0.2) is 0 Å². The van der Waals surface area contributed by atoms with Crippen molar-refractivity contribution < 1.29 is 9.53 Å². The van der Waals surface area contributed by atoms with Crippen molar-refractivity contribution in [2.75, 3.05) is 32.1 Å². The van der Waals surface area contributed by atoms with Gasteiger partial charge < -0.3 is 19.5 Å². The number of hydrogen-bond acceptors (Lipinski definition) is 6. The summed E-state index contributed by atoms with van der Waals surface area (Å²) in [6.07, 6.45) is 3.73. The summed E-state index contributed by atoms with van der Waals surface area (Å²) >= 11 is 0. The number of aryl methyl sites for hydroxylation is 2. The van der Waals surface area contributed by atoms with Crippen LogP contribution < -0.4 is 5.32 Å². The molecule has 2 aromatic heterocycles. The molecule has 0 saturated carbocycles. The molecule has 1 aliphatic heterocycles. The van der Waals surface area contributed by atoms with E-state index in [1.807, 2.05) is 24.7 Å². The van der Waals surface area contributed by atoms with Gasteiger partial charge >= 0.3 is 0 Å². The molecule has 136 valence electrons. The number of methoxy groups -OCH3 is 1. The number of nitrogens with zero attached hydrogens (tertiary/aromatic N) is 5. The molecule has 26 heavy (non-hydrogen) atoms. The molecule has 8 heteroatoms. The zero-order valence-electron chi connectivity index (χ0n) is 15.1. The molecule has 2 aromatic rings. The Kier molecular flexibility index (Phi) is 5.19. The molecule has 1 fully saturated rings. The van der Waals surface area contributed by atoms with Gasteiger partial charge in [0.1, 0.15) is 18.5 Å². The van der Waals surface area contributed by atoms with Gasteiger partial charge in [-0.2, -0.15) is 5.26 Å². The standard InChI is InChI=1S/C18H22N6O2/c1-12-13(6-19)4-5-17(21-12)22-16-9-24(18(25)10-26-3)7-14(16)15-8-23(2)11-20-15/h4-5,8,11,14,16H,7,9-10H2,1-3H3,(H,21,22)/t14-,16+/m0/s1. The second-order valence-electron chi connectivity index (χ2n) is 6.49. The fourth-order valence-electron chi connectivity index (χ4n) is 3.24. The van der Waals surface area contributed by atoms with Crippen molar-refractivity contribution in [2.45, 2.75) is 18.9 Å². The van der Waals surface area contributed by atoms with Crippen LogP contribution in [0.1, 0.15) is 22.9 Å². The van der Waals surface area contributed by atoms with Crippen LogP contribution in [-0.4, -0.2) is 58.2 Å². The maximum absolute atomic E-state index is 12.3. The normalized spacial score (nSPS) is 19.4. The Labute approximate surface area is 152 Å². The third kappa shape index (κ3) is 3.68. The van der Waals surface area contributed by atoms with Crippen LogP contribution >= 0.6 is 0 Å². The molecular formula is C18H22N6O2. The lowest BCUT2D eigenvalue weighted by Crippen LogP contribution is -2.34. The lowest BCUT2D eigenvalue weighted by Gasteiger charge is -2.19. The number of rotatable bonds is 5. The van der Waals surface area contributed by atoms with Crippen LogP contribution in [0.4, 0.5) is 5.82 Å². The van der Waals surface area contributed by atoms with Crippen LogP contribution in [0, 0.1) is 18.3 Å². The van der Waals surface area contributed by atoms with Crippen molar-refractivity contribution in [1.29, 1.82) is 5.26 Å². The molecule has 1 saturated heterocycles. The van der Waals surface area contributed by atoms with E-state index in [-0.39, 0.29) is 24.5 Å². The predicted octanol–water partition coefficient (Wildman–Crippen LogP) is 1.05. The molecule has 2 atom stereocenters. The number of nitriles is 1. The van der Waals surface area contributed by atoms with E-state index in [0.717, 1.165) is 5.69 Å². The van der Waals surface area contributed by atoms with E-state index in [2.05, 4.69) is 21.4 Å². The number of likely N-dealkylation sites (tertiary alicyclic amines) is 1. The van der Waals surface area contributed by atoms with Gasteiger partial charge in [-0.25, -0.2) is 9.97 Å². The monoisotopic (exact) mass is 354 g/mol. The van der Waals surface area contributed by atoms with E-state index in [0.29, 0.717) is 30.2 Å². The van der Waals surface area contributed by atoms with Gasteiger partial charge in [0.25, 0.3) is 0 Å². The van der Waals surface area contributed by atoms with Gasteiger partial charge in [0.05, 0.1) is 29.3 Å².